The van der Waals surface area contributed by atoms with Crippen LogP contribution in [0.25, 0.3) is 0 Å². The summed E-state index contributed by atoms with van der Waals surface area (Å²) in [7, 11) is 0. The lowest BCUT2D eigenvalue weighted by Gasteiger charge is -2.47. The number of aliphatic carboxylic acids is 1. The molecule has 0 heterocycles. The highest BCUT2D eigenvalue weighted by Gasteiger charge is 2.57. The minimum absolute atomic E-state index is 0.112. The third-order valence-electron chi connectivity index (χ3n) is 5.84. The Labute approximate surface area is 103 Å². The summed E-state index contributed by atoms with van der Waals surface area (Å²) in [4.78, 5) is 11.3. The normalized spacial score (nSPS) is 42.9. The van der Waals surface area contributed by atoms with E-state index >= 15 is 0 Å². The SMILES string of the molecule is CC1(C23C=CC(C2)C(C(=O)O)C3)CCCCC1. The summed E-state index contributed by atoms with van der Waals surface area (Å²) in [5, 5.41) is 9.30. The highest BCUT2D eigenvalue weighted by molar-refractivity contribution is 5.72. The largest absolute Gasteiger partial charge is 0.481 e. The topological polar surface area (TPSA) is 37.3 Å². The van der Waals surface area contributed by atoms with E-state index in [1.54, 1.807) is 0 Å². The highest BCUT2D eigenvalue weighted by atomic mass is 16.4. The Kier molecular flexibility index (Phi) is 2.39. The van der Waals surface area contributed by atoms with Crippen LogP contribution in [0.5, 0.6) is 0 Å². The molecule has 1 N–H and O–H groups in total. The van der Waals surface area contributed by atoms with Crippen molar-refractivity contribution in [1.29, 1.82) is 0 Å². The molecule has 2 fully saturated rings. The Morgan fingerprint density at radius 1 is 1.24 bits per heavy atom. The van der Waals surface area contributed by atoms with Crippen molar-refractivity contribution in [2.24, 2.45) is 22.7 Å². The van der Waals surface area contributed by atoms with E-state index in [1.807, 2.05) is 0 Å². The van der Waals surface area contributed by atoms with Crippen molar-refractivity contribution < 1.29 is 9.90 Å². The molecular weight excluding hydrogens is 212 g/mol. The molecule has 17 heavy (non-hydrogen) atoms. The molecule has 0 amide bonds. The van der Waals surface area contributed by atoms with Gasteiger partial charge in [-0.3, -0.25) is 4.79 Å². The van der Waals surface area contributed by atoms with Crippen LogP contribution < -0.4 is 0 Å². The molecule has 0 aromatic rings. The van der Waals surface area contributed by atoms with Crippen LogP contribution in [0.3, 0.4) is 0 Å². The first-order valence-electron chi connectivity index (χ1n) is 6.99. The van der Waals surface area contributed by atoms with E-state index in [-0.39, 0.29) is 11.3 Å². The zero-order chi connectivity index (χ0) is 12.1. The van der Waals surface area contributed by atoms with Gasteiger partial charge in [-0.15, -0.1) is 0 Å². The van der Waals surface area contributed by atoms with Crippen molar-refractivity contribution in [3.8, 4) is 0 Å². The van der Waals surface area contributed by atoms with Crippen molar-refractivity contribution in [3.63, 3.8) is 0 Å². The summed E-state index contributed by atoms with van der Waals surface area (Å²) in [5.41, 5.74) is 0.571. The van der Waals surface area contributed by atoms with Gasteiger partial charge in [0.1, 0.15) is 0 Å². The number of hydrogen-bond acceptors (Lipinski definition) is 1. The Balaban J connectivity index is 1.88. The van der Waals surface area contributed by atoms with E-state index in [9.17, 15) is 9.90 Å². The maximum atomic E-state index is 11.3. The molecule has 2 nitrogen and oxygen atoms in total. The molecule has 3 rings (SSSR count). The molecule has 3 unspecified atom stereocenters. The fraction of sp³-hybridized carbons (Fsp3) is 0.800. The number of carboxylic acids is 1. The van der Waals surface area contributed by atoms with Crippen LogP contribution in [-0.2, 0) is 4.79 Å². The lowest BCUT2D eigenvalue weighted by molar-refractivity contribution is -0.143. The second-order valence-electron chi connectivity index (χ2n) is 6.65. The smallest absolute Gasteiger partial charge is 0.307 e. The number of carboxylic acid groups (broad SMARTS) is 1. The minimum Gasteiger partial charge on any atom is -0.481 e. The van der Waals surface area contributed by atoms with E-state index in [0.29, 0.717) is 11.3 Å². The first kappa shape index (κ1) is 11.3. The fourth-order valence-electron chi connectivity index (χ4n) is 4.63. The van der Waals surface area contributed by atoms with Gasteiger partial charge in [-0.1, -0.05) is 38.3 Å². The van der Waals surface area contributed by atoms with Crippen molar-refractivity contribution >= 4 is 5.97 Å². The first-order valence-corrected chi connectivity index (χ1v) is 6.99. The predicted molar refractivity (Wildman–Crippen MR) is 66.6 cm³/mol. The van der Waals surface area contributed by atoms with Gasteiger partial charge in [0.2, 0.25) is 0 Å². The Morgan fingerprint density at radius 3 is 2.53 bits per heavy atom. The number of hydrogen-bond donors (Lipinski definition) is 1. The molecule has 0 spiro atoms. The van der Waals surface area contributed by atoms with Gasteiger partial charge in [0.25, 0.3) is 0 Å². The fourth-order valence-corrected chi connectivity index (χ4v) is 4.63. The van der Waals surface area contributed by atoms with Gasteiger partial charge < -0.3 is 5.11 Å². The molecule has 3 atom stereocenters. The Hall–Kier alpha value is -0.790. The van der Waals surface area contributed by atoms with Gasteiger partial charge in [0.15, 0.2) is 0 Å². The molecular formula is C15H22O2. The Morgan fingerprint density at radius 2 is 1.94 bits per heavy atom. The van der Waals surface area contributed by atoms with Crippen LogP contribution >= 0.6 is 0 Å². The van der Waals surface area contributed by atoms with Crippen molar-refractivity contribution in [3.05, 3.63) is 12.2 Å². The van der Waals surface area contributed by atoms with Crippen molar-refractivity contribution in [1.82, 2.24) is 0 Å². The third-order valence-corrected chi connectivity index (χ3v) is 5.84. The maximum absolute atomic E-state index is 11.3. The summed E-state index contributed by atoms with van der Waals surface area (Å²) in [6.45, 7) is 2.41. The molecule has 0 aromatic carbocycles. The molecule has 94 valence electrons. The summed E-state index contributed by atoms with van der Waals surface area (Å²) < 4.78 is 0. The third kappa shape index (κ3) is 1.49. The molecule has 3 aliphatic carbocycles. The summed E-state index contributed by atoms with van der Waals surface area (Å²) in [6.07, 6.45) is 13.2. The molecule has 0 saturated heterocycles. The molecule has 0 aliphatic heterocycles. The van der Waals surface area contributed by atoms with Crippen LogP contribution in [-0.4, -0.2) is 11.1 Å². The van der Waals surface area contributed by atoms with E-state index in [4.69, 9.17) is 0 Å². The van der Waals surface area contributed by atoms with E-state index in [2.05, 4.69) is 19.1 Å². The van der Waals surface area contributed by atoms with Crippen molar-refractivity contribution in [2.75, 3.05) is 0 Å². The monoisotopic (exact) mass is 234 g/mol. The van der Waals surface area contributed by atoms with E-state index in [1.165, 1.54) is 32.1 Å². The van der Waals surface area contributed by atoms with Gasteiger partial charge >= 0.3 is 5.97 Å². The second-order valence-corrected chi connectivity index (χ2v) is 6.65. The summed E-state index contributed by atoms with van der Waals surface area (Å²) in [5.74, 6) is -0.384. The number of fused-ring (bicyclic) bond motifs is 2. The zero-order valence-corrected chi connectivity index (χ0v) is 10.6. The molecule has 0 radical (unpaired) electrons. The number of rotatable bonds is 2. The maximum Gasteiger partial charge on any atom is 0.307 e. The lowest BCUT2D eigenvalue weighted by atomic mass is 9.57. The van der Waals surface area contributed by atoms with Gasteiger partial charge in [0, 0.05) is 0 Å². The van der Waals surface area contributed by atoms with Gasteiger partial charge in [-0.05, 0) is 42.4 Å². The van der Waals surface area contributed by atoms with Gasteiger partial charge in [0.05, 0.1) is 5.92 Å². The van der Waals surface area contributed by atoms with Crippen LogP contribution in [0.15, 0.2) is 12.2 Å². The summed E-state index contributed by atoms with van der Waals surface area (Å²) in [6, 6.07) is 0. The zero-order valence-electron chi connectivity index (χ0n) is 10.6. The molecule has 3 aliphatic rings. The number of carbonyl (C=O) groups is 1. The molecule has 2 saturated carbocycles. The standard InChI is InChI=1S/C15H22O2/c1-14(6-3-2-4-7-14)15-8-5-11(9-15)12(10-15)13(16)17/h5,8,11-12H,2-4,6-7,9-10H2,1H3,(H,16,17). The first-order chi connectivity index (χ1) is 8.06. The highest BCUT2D eigenvalue weighted by Crippen LogP contribution is 2.64. The van der Waals surface area contributed by atoms with Crippen LogP contribution in [0.4, 0.5) is 0 Å². The average Bonchev–Trinajstić information content (AvgIpc) is 2.89. The molecule has 0 aromatic heterocycles. The van der Waals surface area contributed by atoms with Crippen LogP contribution in [0.1, 0.15) is 51.9 Å². The quantitative estimate of drug-likeness (QED) is 0.741. The second kappa shape index (κ2) is 3.60. The Bertz CT molecular complexity index is 365. The van der Waals surface area contributed by atoms with Crippen molar-refractivity contribution in [2.45, 2.75) is 51.9 Å². The summed E-state index contributed by atoms with van der Waals surface area (Å²) >= 11 is 0. The van der Waals surface area contributed by atoms with Gasteiger partial charge in [-0.2, -0.15) is 0 Å². The van der Waals surface area contributed by atoms with E-state index in [0.717, 1.165) is 12.8 Å². The lowest BCUT2D eigenvalue weighted by Crippen LogP contribution is -2.38. The minimum atomic E-state index is -0.583. The van der Waals surface area contributed by atoms with Crippen LogP contribution in [0, 0.1) is 22.7 Å². The van der Waals surface area contributed by atoms with Gasteiger partial charge in [-0.25, -0.2) is 0 Å². The molecule has 2 bridgehead atoms. The predicted octanol–water partition coefficient (Wildman–Crippen LogP) is 3.62. The van der Waals surface area contributed by atoms with Crippen LogP contribution in [0.2, 0.25) is 0 Å². The van der Waals surface area contributed by atoms with E-state index < -0.39 is 5.97 Å². The number of allylic oxidation sites excluding steroid dienone is 2. The molecule has 2 heteroatoms. The average molecular weight is 234 g/mol.